The number of para-hydroxylation sites is 1. The summed E-state index contributed by atoms with van der Waals surface area (Å²) < 4.78 is 13.1. The fourth-order valence-corrected chi connectivity index (χ4v) is 3.74. The Morgan fingerprint density at radius 2 is 2.00 bits per heavy atom. The highest BCUT2D eigenvalue weighted by Gasteiger charge is 2.11. The molecule has 1 heterocycles. The zero-order chi connectivity index (χ0) is 19.9. The lowest BCUT2D eigenvalue weighted by atomic mass is 10.2. The van der Waals surface area contributed by atoms with Gasteiger partial charge in [-0.3, -0.25) is 4.79 Å². The molecule has 6 nitrogen and oxygen atoms in total. The van der Waals surface area contributed by atoms with E-state index >= 15 is 0 Å². The highest BCUT2D eigenvalue weighted by Crippen LogP contribution is 2.20. The fourth-order valence-electron chi connectivity index (χ4n) is 2.64. The molecule has 0 spiro atoms. The lowest BCUT2D eigenvalue weighted by Gasteiger charge is -2.04. The Morgan fingerprint density at radius 1 is 1.21 bits per heavy atom. The van der Waals surface area contributed by atoms with Gasteiger partial charge < -0.3 is 14.0 Å². The number of fused-ring (bicyclic) bond motifs is 1. The van der Waals surface area contributed by atoms with E-state index in [1.54, 1.807) is 18.2 Å². The fraction of sp³-hybridized carbons (Fsp3) is 0.190. The first-order valence-electron chi connectivity index (χ1n) is 8.70. The molecule has 0 saturated carbocycles. The van der Waals surface area contributed by atoms with Crippen LogP contribution in [0.2, 0.25) is 0 Å². The van der Waals surface area contributed by atoms with E-state index in [-0.39, 0.29) is 18.9 Å². The second-order valence-corrected chi connectivity index (χ2v) is 6.88. The Labute approximate surface area is 166 Å². The molecule has 0 aliphatic rings. The predicted molar refractivity (Wildman–Crippen MR) is 108 cm³/mol. The molecule has 0 bridgehead atoms. The molecule has 0 saturated heterocycles. The number of hydrogen-bond acceptors (Lipinski definition) is 5. The SMILES string of the molecule is C=CCn1c(=NC(=O)CCOc2ccccc2)sc2cc(C(=O)OC)ccc21. The van der Waals surface area contributed by atoms with Crippen molar-refractivity contribution in [2.75, 3.05) is 13.7 Å². The molecule has 0 fully saturated rings. The van der Waals surface area contributed by atoms with Crippen LogP contribution in [-0.2, 0) is 16.1 Å². The highest BCUT2D eigenvalue weighted by molar-refractivity contribution is 7.16. The van der Waals surface area contributed by atoms with Crippen LogP contribution in [0.1, 0.15) is 16.8 Å². The van der Waals surface area contributed by atoms with Crippen LogP contribution < -0.4 is 9.54 Å². The topological polar surface area (TPSA) is 69.9 Å². The second-order valence-electron chi connectivity index (χ2n) is 5.88. The number of rotatable bonds is 7. The Morgan fingerprint density at radius 3 is 2.71 bits per heavy atom. The molecule has 7 heteroatoms. The van der Waals surface area contributed by atoms with Gasteiger partial charge in [0.15, 0.2) is 4.80 Å². The van der Waals surface area contributed by atoms with Crippen LogP contribution in [0.3, 0.4) is 0 Å². The molecule has 3 aromatic rings. The van der Waals surface area contributed by atoms with E-state index in [0.717, 1.165) is 10.2 Å². The summed E-state index contributed by atoms with van der Waals surface area (Å²) >= 11 is 1.34. The maximum atomic E-state index is 12.3. The number of allylic oxidation sites excluding steroid dienone is 1. The van der Waals surface area contributed by atoms with Gasteiger partial charge in [-0.2, -0.15) is 4.99 Å². The zero-order valence-electron chi connectivity index (χ0n) is 15.5. The number of hydrogen-bond donors (Lipinski definition) is 0. The van der Waals surface area contributed by atoms with Gasteiger partial charge in [0.1, 0.15) is 5.75 Å². The van der Waals surface area contributed by atoms with Crippen molar-refractivity contribution in [2.45, 2.75) is 13.0 Å². The Hall–Kier alpha value is -3.19. The number of amides is 1. The molecular formula is C21H20N2O4S. The molecular weight excluding hydrogens is 376 g/mol. The third-order valence-electron chi connectivity index (χ3n) is 3.96. The molecule has 0 aliphatic heterocycles. The van der Waals surface area contributed by atoms with Crippen molar-refractivity contribution < 1.29 is 19.1 Å². The largest absolute Gasteiger partial charge is 0.493 e. The van der Waals surface area contributed by atoms with Crippen molar-refractivity contribution in [1.29, 1.82) is 0 Å². The number of ether oxygens (including phenoxy) is 2. The van der Waals surface area contributed by atoms with E-state index < -0.39 is 5.97 Å². The average molecular weight is 396 g/mol. The summed E-state index contributed by atoms with van der Waals surface area (Å²) in [5.41, 5.74) is 1.33. The number of methoxy groups -OCH3 is 1. The van der Waals surface area contributed by atoms with E-state index in [1.807, 2.05) is 41.0 Å². The molecule has 0 aliphatic carbocycles. The average Bonchev–Trinajstić information content (AvgIpc) is 3.04. The molecule has 0 N–H and O–H groups in total. The van der Waals surface area contributed by atoms with Crippen LogP contribution in [0.4, 0.5) is 0 Å². The Bertz CT molecular complexity index is 1070. The van der Waals surface area contributed by atoms with Crippen molar-refractivity contribution in [1.82, 2.24) is 4.57 Å². The van der Waals surface area contributed by atoms with E-state index in [0.29, 0.717) is 22.7 Å². The van der Waals surface area contributed by atoms with Crippen molar-refractivity contribution in [3.8, 4) is 5.75 Å². The summed E-state index contributed by atoms with van der Waals surface area (Å²) in [7, 11) is 1.34. The van der Waals surface area contributed by atoms with Crippen LogP contribution in [0.25, 0.3) is 10.2 Å². The monoisotopic (exact) mass is 396 g/mol. The summed E-state index contributed by atoms with van der Waals surface area (Å²) in [6.45, 7) is 4.53. The van der Waals surface area contributed by atoms with Crippen LogP contribution >= 0.6 is 11.3 Å². The van der Waals surface area contributed by atoms with E-state index in [2.05, 4.69) is 11.6 Å². The van der Waals surface area contributed by atoms with Crippen LogP contribution in [-0.4, -0.2) is 30.2 Å². The van der Waals surface area contributed by atoms with Crippen molar-refractivity contribution in [3.63, 3.8) is 0 Å². The van der Waals surface area contributed by atoms with E-state index in [9.17, 15) is 9.59 Å². The highest BCUT2D eigenvalue weighted by atomic mass is 32.1. The molecule has 1 amide bonds. The molecule has 2 aromatic carbocycles. The summed E-state index contributed by atoms with van der Waals surface area (Å²) in [6, 6.07) is 14.6. The minimum atomic E-state index is -0.404. The Balaban J connectivity index is 1.83. The molecule has 0 unspecified atom stereocenters. The smallest absolute Gasteiger partial charge is 0.337 e. The third kappa shape index (κ3) is 4.55. The van der Waals surface area contributed by atoms with Gasteiger partial charge >= 0.3 is 5.97 Å². The van der Waals surface area contributed by atoms with Gasteiger partial charge in [-0.15, -0.1) is 6.58 Å². The Kier molecular flexibility index (Phi) is 6.39. The quantitative estimate of drug-likeness (QED) is 0.452. The lowest BCUT2D eigenvalue weighted by molar-refractivity contribution is -0.118. The molecule has 0 atom stereocenters. The van der Waals surface area contributed by atoms with Crippen LogP contribution in [0, 0.1) is 0 Å². The number of aromatic nitrogens is 1. The third-order valence-corrected chi connectivity index (χ3v) is 5.00. The number of nitrogens with zero attached hydrogens (tertiary/aromatic N) is 2. The molecule has 28 heavy (non-hydrogen) atoms. The van der Waals surface area contributed by atoms with Gasteiger partial charge in [-0.25, -0.2) is 4.79 Å². The number of carbonyl (C=O) groups excluding carboxylic acids is 2. The van der Waals surface area contributed by atoms with Crippen molar-refractivity contribution in [2.24, 2.45) is 4.99 Å². The number of benzene rings is 2. The van der Waals surface area contributed by atoms with Gasteiger partial charge in [0.2, 0.25) is 0 Å². The molecule has 144 valence electrons. The minimum Gasteiger partial charge on any atom is -0.493 e. The van der Waals surface area contributed by atoms with Gasteiger partial charge in [-0.1, -0.05) is 35.6 Å². The molecule has 0 radical (unpaired) electrons. The molecule has 1 aromatic heterocycles. The first kappa shape index (κ1) is 19.6. The van der Waals surface area contributed by atoms with Gasteiger partial charge in [-0.05, 0) is 30.3 Å². The minimum absolute atomic E-state index is 0.171. The summed E-state index contributed by atoms with van der Waals surface area (Å²) in [5.74, 6) is 0.0425. The van der Waals surface area contributed by atoms with Gasteiger partial charge in [0.05, 0.1) is 35.9 Å². The van der Waals surface area contributed by atoms with E-state index in [1.165, 1.54) is 18.4 Å². The first-order valence-corrected chi connectivity index (χ1v) is 9.52. The van der Waals surface area contributed by atoms with Crippen molar-refractivity contribution in [3.05, 3.63) is 71.6 Å². The standard InChI is InChI=1S/C21H20N2O4S/c1-3-12-23-17-10-9-15(20(25)26-2)14-18(17)28-21(23)22-19(24)11-13-27-16-7-5-4-6-8-16/h3-10,14H,1,11-13H2,2H3. The number of esters is 1. The van der Waals surface area contributed by atoms with Gasteiger partial charge in [0.25, 0.3) is 5.91 Å². The maximum Gasteiger partial charge on any atom is 0.337 e. The maximum absolute atomic E-state index is 12.3. The normalized spacial score (nSPS) is 11.4. The summed E-state index contributed by atoms with van der Waals surface area (Å²) in [5, 5.41) is 0. The predicted octanol–water partition coefficient (Wildman–Crippen LogP) is 3.57. The lowest BCUT2D eigenvalue weighted by Crippen LogP contribution is -2.17. The summed E-state index contributed by atoms with van der Waals surface area (Å²) in [6.07, 6.45) is 1.91. The second kappa shape index (κ2) is 9.14. The molecule has 3 rings (SSSR count). The zero-order valence-corrected chi connectivity index (χ0v) is 16.3. The first-order chi connectivity index (χ1) is 13.6. The summed E-state index contributed by atoms with van der Waals surface area (Å²) in [4.78, 5) is 28.9. The van der Waals surface area contributed by atoms with Gasteiger partial charge in [0, 0.05) is 6.54 Å². The van der Waals surface area contributed by atoms with Crippen molar-refractivity contribution >= 4 is 33.4 Å². The number of carbonyl (C=O) groups is 2. The number of thiazole rings is 1. The van der Waals surface area contributed by atoms with Crippen LogP contribution in [0.5, 0.6) is 5.75 Å². The van der Waals surface area contributed by atoms with E-state index in [4.69, 9.17) is 9.47 Å². The van der Waals surface area contributed by atoms with Crippen LogP contribution in [0.15, 0.2) is 66.2 Å².